The minimum Gasteiger partial charge on any atom is -0.489 e. The van der Waals surface area contributed by atoms with E-state index in [4.69, 9.17) is 10.5 Å². The average Bonchev–Trinajstić information content (AvgIpc) is 2.33. The Hall–Kier alpha value is -2.17. The molecule has 2 aromatic rings. The Labute approximate surface area is 112 Å². The number of nitrogen functional groups attached to an aromatic ring is 1. The van der Waals surface area contributed by atoms with Crippen molar-refractivity contribution in [1.82, 2.24) is 15.0 Å². The molecule has 2 N–H and O–H groups in total. The van der Waals surface area contributed by atoms with E-state index in [0.717, 1.165) is 17.0 Å². The minimum atomic E-state index is 0.0974. The van der Waals surface area contributed by atoms with E-state index < -0.39 is 0 Å². The minimum absolute atomic E-state index is 0.0974. The molecule has 0 aliphatic heterocycles. The van der Waals surface area contributed by atoms with Gasteiger partial charge < -0.3 is 10.5 Å². The maximum absolute atomic E-state index is 5.93. The van der Waals surface area contributed by atoms with E-state index in [-0.39, 0.29) is 6.10 Å². The van der Waals surface area contributed by atoms with Crippen LogP contribution in [0.3, 0.4) is 0 Å². The molecule has 0 amide bonds. The summed E-state index contributed by atoms with van der Waals surface area (Å²) in [6, 6.07) is 1.88. The lowest BCUT2D eigenvalue weighted by atomic mass is 10.2. The maximum Gasteiger partial charge on any atom is 0.150 e. The first-order valence-electron chi connectivity index (χ1n) is 6.20. The molecule has 100 valence electrons. The Morgan fingerprint density at radius 1 is 1.11 bits per heavy atom. The van der Waals surface area contributed by atoms with Crippen LogP contribution in [0.15, 0.2) is 18.5 Å². The van der Waals surface area contributed by atoms with Gasteiger partial charge in [0.1, 0.15) is 17.3 Å². The van der Waals surface area contributed by atoms with Gasteiger partial charge >= 0.3 is 0 Å². The van der Waals surface area contributed by atoms with Gasteiger partial charge in [0.25, 0.3) is 0 Å². The van der Waals surface area contributed by atoms with E-state index in [1.54, 1.807) is 12.4 Å². The number of anilines is 1. The summed E-state index contributed by atoms with van der Waals surface area (Å²) in [6.45, 7) is 7.74. The number of nitrogens with zero attached hydrogens (tertiary/aromatic N) is 3. The van der Waals surface area contributed by atoms with Crippen molar-refractivity contribution in [2.45, 2.75) is 33.8 Å². The normalized spacial score (nSPS) is 10.8. The van der Waals surface area contributed by atoms with Gasteiger partial charge in [-0.15, -0.1) is 0 Å². The van der Waals surface area contributed by atoms with Gasteiger partial charge in [0.2, 0.25) is 0 Å². The van der Waals surface area contributed by atoms with Crippen LogP contribution >= 0.6 is 0 Å². The summed E-state index contributed by atoms with van der Waals surface area (Å²) < 4.78 is 5.62. The molecule has 0 bridgehead atoms. The lowest BCUT2D eigenvalue weighted by Crippen LogP contribution is -2.06. The number of aromatic nitrogens is 3. The third-order valence-electron chi connectivity index (χ3n) is 2.69. The molecule has 2 aromatic heterocycles. The van der Waals surface area contributed by atoms with Gasteiger partial charge in [0, 0.05) is 11.8 Å². The van der Waals surface area contributed by atoms with E-state index in [9.17, 15) is 0 Å². The van der Waals surface area contributed by atoms with E-state index >= 15 is 0 Å². The quantitative estimate of drug-likeness (QED) is 0.915. The summed E-state index contributed by atoms with van der Waals surface area (Å²) >= 11 is 0. The number of aryl methyl sites for hydroxylation is 2. The molecule has 0 unspecified atom stereocenters. The summed E-state index contributed by atoms with van der Waals surface area (Å²) in [5.41, 5.74) is 9.08. The van der Waals surface area contributed by atoms with Crippen molar-refractivity contribution in [2.75, 3.05) is 5.73 Å². The molecule has 0 saturated heterocycles. The molecule has 0 radical (unpaired) electrons. The molecule has 0 aromatic carbocycles. The van der Waals surface area contributed by atoms with Crippen LogP contribution in [0.1, 0.15) is 25.2 Å². The first kappa shape index (κ1) is 13.3. The number of pyridine rings is 1. The molecule has 5 heteroatoms. The van der Waals surface area contributed by atoms with Gasteiger partial charge in [0.15, 0.2) is 0 Å². The Morgan fingerprint density at radius 3 is 2.47 bits per heavy atom. The Morgan fingerprint density at radius 2 is 1.79 bits per heavy atom. The second-order valence-corrected chi connectivity index (χ2v) is 4.70. The zero-order valence-corrected chi connectivity index (χ0v) is 11.6. The number of rotatable bonds is 3. The zero-order chi connectivity index (χ0) is 14.0. The molecule has 0 atom stereocenters. The maximum atomic E-state index is 5.93. The van der Waals surface area contributed by atoms with E-state index in [0.29, 0.717) is 17.3 Å². The van der Waals surface area contributed by atoms with Crippen LogP contribution in [0.4, 0.5) is 5.82 Å². The molecule has 19 heavy (non-hydrogen) atoms. The van der Waals surface area contributed by atoms with Gasteiger partial charge in [-0.2, -0.15) is 0 Å². The number of nitrogens with two attached hydrogens (primary N) is 1. The van der Waals surface area contributed by atoms with Crippen LogP contribution in [0.25, 0.3) is 11.3 Å². The Kier molecular flexibility index (Phi) is 3.64. The molecule has 5 nitrogen and oxygen atoms in total. The van der Waals surface area contributed by atoms with Crippen LogP contribution in [-0.2, 0) is 0 Å². The van der Waals surface area contributed by atoms with Gasteiger partial charge in [-0.05, 0) is 33.8 Å². The van der Waals surface area contributed by atoms with Crippen molar-refractivity contribution in [3.05, 3.63) is 29.8 Å². The van der Waals surface area contributed by atoms with Crippen LogP contribution in [0, 0.1) is 13.8 Å². The van der Waals surface area contributed by atoms with Crippen molar-refractivity contribution < 1.29 is 4.74 Å². The van der Waals surface area contributed by atoms with Crippen molar-refractivity contribution in [3.8, 4) is 17.0 Å². The molecule has 2 heterocycles. The fraction of sp³-hybridized carbons (Fsp3) is 0.357. The second kappa shape index (κ2) is 5.22. The summed E-state index contributed by atoms with van der Waals surface area (Å²) in [5, 5.41) is 0. The number of hydrogen-bond acceptors (Lipinski definition) is 5. The van der Waals surface area contributed by atoms with Crippen LogP contribution in [0.2, 0.25) is 0 Å². The third kappa shape index (κ3) is 2.99. The van der Waals surface area contributed by atoms with Gasteiger partial charge in [-0.1, -0.05) is 0 Å². The predicted octanol–water partition coefficient (Wildman–Crippen LogP) is 2.52. The SMILES string of the molecule is Cc1nc(N)c(-c2cncc(OC(C)C)c2)nc1C. The zero-order valence-electron chi connectivity index (χ0n) is 11.6. The first-order valence-corrected chi connectivity index (χ1v) is 6.20. The van der Waals surface area contributed by atoms with Gasteiger partial charge in [0.05, 0.1) is 23.7 Å². The van der Waals surface area contributed by atoms with Crippen molar-refractivity contribution >= 4 is 5.82 Å². The van der Waals surface area contributed by atoms with E-state index in [1.807, 2.05) is 33.8 Å². The Balaban J connectivity index is 2.44. The molecule has 0 aliphatic rings. The third-order valence-corrected chi connectivity index (χ3v) is 2.69. The van der Waals surface area contributed by atoms with Gasteiger partial charge in [-0.3, -0.25) is 4.98 Å². The smallest absolute Gasteiger partial charge is 0.150 e. The monoisotopic (exact) mass is 258 g/mol. The highest BCUT2D eigenvalue weighted by atomic mass is 16.5. The molecule has 0 fully saturated rings. The van der Waals surface area contributed by atoms with Crippen molar-refractivity contribution in [1.29, 1.82) is 0 Å². The van der Waals surface area contributed by atoms with Crippen molar-refractivity contribution in [2.24, 2.45) is 0 Å². The fourth-order valence-electron chi connectivity index (χ4n) is 1.72. The van der Waals surface area contributed by atoms with Crippen LogP contribution < -0.4 is 10.5 Å². The summed E-state index contributed by atoms with van der Waals surface area (Å²) in [6.07, 6.45) is 3.48. The number of ether oxygens (including phenoxy) is 1. The lowest BCUT2D eigenvalue weighted by Gasteiger charge is -2.11. The highest BCUT2D eigenvalue weighted by molar-refractivity contribution is 5.70. The van der Waals surface area contributed by atoms with Crippen molar-refractivity contribution in [3.63, 3.8) is 0 Å². The van der Waals surface area contributed by atoms with Gasteiger partial charge in [-0.25, -0.2) is 9.97 Å². The highest BCUT2D eigenvalue weighted by Gasteiger charge is 2.10. The summed E-state index contributed by atoms with van der Waals surface area (Å²) in [4.78, 5) is 12.9. The predicted molar refractivity (Wildman–Crippen MR) is 74.9 cm³/mol. The largest absolute Gasteiger partial charge is 0.489 e. The second-order valence-electron chi connectivity index (χ2n) is 4.70. The Bertz CT molecular complexity index is 596. The summed E-state index contributed by atoms with van der Waals surface area (Å²) in [7, 11) is 0. The first-order chi connectivity index (χ1) is 8.97. The number of hydrogen-bond donors (Lipinski definition) is 1. The molecule has 0 aliphatic carbocycles. The summed E-state index contributed by atoms with van der Waals surface area (Å²) in [5.74, 6) is 1.11. The molecular weight excluding hydrogens is 240 g/mol. The van der Waals surface area contributed by atoms with E-state index in [1.165, 1.54) is 0 Å². The molecule has 2 rings (SSSR count). The standard InChI is InChI=1S/C14H18N4O/c1-8(2)19-12-5-11(6-16-7-12)13-14(15)18-10(4)9(3)17-13/h5-8H,1-4H3,(H2,15,18). The van der Waals surface area contributed by atoms with Crippen LogP contribution in [-0.4, -0.2) is 21.1 Å². The molecule has 0 spiro atoms. The topological polar surface area (TPSA) is 73.9 Å². The highest BCUT2D eigenvalue weighted by Crippen LogP contribution is 2.26. The van der Waals surface area contributed by atoms with E-state index in [2.05, 4.69) is 15.0 Å². The average molecular weight is 258 g/mol. The fourth-order valence-corrected chi connectivity index (χ4v) is 1.72. The van der Waals surface area contributed by atoms with Crippen LogP contribution in [0.5, 0.6) is 5.75 Å². The molecular formula is C14H18N4O. The lowest BCUT2D eigenvalue weighted by molar-refractivity contribution is 0.241. The molecule has 0 saturated carbocycles.